The minimum Gasteiger partial charge on any atom is -0.324 e. The molecule has 2 aromatic heterocycles. The summed E-state index contributed by atoms with van der Waals surface area (Å²) in [5.41, 5.74) is 10.1. The SMILES string of the molecule is C[C@H](N)c1cccc2[nH]ncc12.C[C@H](N[S@](=O)C(C)(C)C)c1cccc2[nH]ncc12. The summed E-state index contributed by atoms with van der Waals surface area (Å²) in [5.74, 6) is 0. The first-order chi connectivity index (χ1) is 14.2. The maximum atomic E-state index is 12.1. The van der Waals surface area contributed by atoms with Crippen LogP contribution in [0.25, 0.3) is 21.8 Å². The van der Waals surface area contributed by atoms with Crippen molar-refractivity contribution in [2.45, 2.75) is 51.4 Å². The molecule has 0 aliphatic heterocycles. The number of hydrogen-bond acceptors (Lipinski definition) is 4. The molecular weight excluding hydrogens is 396 g/mol. The van der Waals surface area contributed by atoms with Gasteiger partial charge < -0.3 is 5.73 Å². The molecule has 2 aromatic carbocycles. The highest BCUT2D eigenvalue weighted by Gasteiger charge is 2.22. The number of H-pyrrole nitrogens is 2. The van der Waals surface area contributed by atoms with Crippen molar-refractivity contribution in [3.63, 3.8) is 0 Å². The number of nitrogens with two attached hydrogens (primary N) is 1. The van der Waals surface area contributed by atoms with E-state index in [0.29, 0.717) is 0 Å². The fourth-order valence-corrected chi connectivity index (χ4v) is 3.96. The van der Waals surface area contributed by atoms with Gasteiger partial charge >= 0.3 is 0 Å². The van der Waals surface area contributed by atoms with Crippen LogP contribution in [0, 0.1) is 0 Å². The van der Waals surface area contributed by atoms with Gasteiger partial charge in [0.1, 0.15) is 0 Å². The van der Waals surface area contributed by atoms with Crippen LogP contribution in [0.4, 0.5) is 0 Å². The van der Waals surface area contributed by atoms with E-state index in [2.05, 4.69) is 25.1 Å². The monoisotopic (exact) mass is 426 g/mol. The van der Waals surface area contributed by atoms with Crippen LogP contribution in [0.15, 0.2) is 48.8 Å². The zero-order valence-electron chi connectivity index (χ0n) is 18.1. The second-order valence-electron chi connectivity index (χ2n) is 8.37. The van der Waals surface area contributed by atoms with Gasteiger partial charge in [0.15, 0.2) is 0 Å². The number of aromatic nitrogens is 4. The van der Waals surface area contributed by atoms with Gasteiger partial charge in [-0.1, -0.05) is 24.3 Å². The molecule has 2 heterocycles. The first-order valence-corrected chi connectivity index (χ1v) is 11.1. The number of fused-ring (bicyclic) bond motifs is 2. The van der Waals surface area contributed by atoms with E-state index in [4.69, 9.17) is 5.73 Å². The van der Waals surface area contributed by atoms with Gasteiger partial charge in [-0.2, -0.15) is 10.2 Å². The van der Waals surface area contributed by atoms with E-state index < -0.39 is 11.0 Å². The Bertz CT molecular complexity index is 1140. The van der Waals surface area contributed by atoms with Crippen LogP contribution in [0.5, 0.6) is 0 Å². The van der Waals surface area contributed by atoms with Gasteiger partial charge in [0, 0.05) is 22.9 Å². The van der Waals surface area contributed by atoms with Gasteiger partial charge in [-0.15, -0.1) is 0 Å². The van der Waals surface area contributed by atoms with Crippen LogP contribution in [-0.2, 0) is 11.0 Å². The molecule has 5 N–H and O–H groups in total. The Morgan fingerprint density at radius 2 is 1.43 bits per heavy atom. The molecule has 4 aromatic rings. The van der Waals surface area contributed by atoms with E-state index in [-0.39, 0.29) is 16.8 Å². The molecule has 0 radical (unpaired) electrons. The van der Waals surface area contributed by atoms with Crippen molar-refractivity contribution < 1.29 is 4.21 Å². The molecule has 0 spiro atoms. The maximum absolute atomic E-state index is 12.1. The Hall–Kier alpha value is -2.55. The zero-order chi connectivity index (χ0) is 21.9. The number of nitrogens with zero attached hydrogens (tertiary/aromatic N) is 2. The topological polar surface area (TPSA) is 112 Å². The molecule has 4 rings (SSSR count). The molecular formula is C22H30N6OS. The maximum Gasteiger partial charge on any atom is 0.0975 e. The fraction of sp³-hybridized carbons (Fsp3) is 0.364. The minimum atomic E-state index is -1.08. The molecule has 30 heavy (non-hydrogen) atoms. The van der Waals surface area contributed by atoms with Gasteiger partial charge in [-0.3, -0.25) is 10.2 Å². The lowest BCUT2D eigenvalue weighted by Gasteiger charge is -2.22. The second-order valence-corrected chi connectivity index (χ2v) is 10.4. The lowest BCUT2D eigenvalue weighted by atomic mass is 10.1. The fourth-order valence-electron chi connectivity index (χ4n) is 3.16. The van der Waals surface area contributed by atoms with E-state index in [1.54, 1.807) is 0 Å². The van der Waals surface area contributed by atoms with E-state index >= 15 is 0 Å². The van der Waals surface area contributed by atoms with Crippen molar-refractivity contribution in [1.29, 1.82) is 0 Å². The van der Waals surface area contributed by atoms with Crippen molar-refractivity contribution in [2.24, 2.45) is 5.73 Å². The average Bonchev–Trinajstić information content (AvgIpc) is 3.35. The van der Waals surface area contributed by atoms with Crippen LogP contribution in [-0.4, -0.2) is 29.4 Å². The molecule has 8 heteroatoms. The third-order valence-electron chi connectivity index (χ3n) is 4.83. The van der Waals surface area contributed by atoms with Crippen molar-refractivity contribution in [3.05, 3.63) is 59.9 Å². The van der Waals surface area contributed by atoms with Crippen molar-refractivity contribution in [3.8, 4) is 0 Å². The summed E-state index contributed by atoms with van der Waals surface area (Å²) in [5, 5.41) is 16.1. The predicted octanol–water partition coefficient (Wildman–Crippen LogP) is 4.26. The number of benzene rings is 2. The minimum absolute atomic E-state index is 0.0198. The Morgan fingerprint density at radius 3 is 1.93 bits per heavy atom. The van der Waals surface area contributed by atoms with Crippen LogP contribution in [0.1, 0.15) is 57.8 Å². The first-order valence-electron chi connectivity index (χ1n) is 9.96. The van der Waals surface area contributed by atoms with Crippen LogP contribution < -0.4 is 10.5 Å². The van der Waals surface area contributed by atoms with E-state index in [1.165, 1.54) is 0 Å². The van der Waals surface area contributed by atoms with Crippen LogP contribution in [0.2, 0.25) is 0 Å². The molecule has 0 unspecified atom stereocenters. The van der Waals surface area contributed by atoms with Crippen molar-refractivity contribution >= 4 is 32.8 Å². The van der Waals surface area contributed by atoms with Gasteiger partial charge in [0.25, 0.3) is 0 Å². The van der Waals surface area contributed by atoms with Crippen molar-refractivity contribution in [1.82, 2.24) is 25.1 Å². The molecule has 0 fully saturated rings. The number of hydrogen-bond donors (Lipinski definition) is 4. The van der Waals surface area contributed by atoms with E-state index in [0.717, 1.165) is 32.9 Å². The highest BCUT2D eigenvalue weighted by atomic mass is 32.2. The summed E-state index contributed by atoms with van der Waals surface area (Å²) in [4.78, 5) is 0. The van der Waals surface area contributed by atoms with Gasteiger partial charge in [0.05, 0.1) is 39.2 Å². The Morgan fingerprint density at radius 1 is 0.933 bits per heavy atom. The van der Waals surface area contributed by atoms with Gasteiger partial charge in [0.2, 0.25) is 0 Å². The van der Waals surface area contributed by atoms with Crippen LogP contribution in [0.3, 0.4) is 0 Å². The van der Waals surface area contributed by atoms with Crippen molar-refractivity contribution in [2.75, 3.05) is 0 Å². The molecule has 0 bridgehead atoms. The number of aromatic amines is 2. The quantitative estimate of drug-likeness (QED) is 0.390. The summed E-state index contributed by atoms with van der Waals surface area (Å²) in [7, 11) is -1.08. The summed E-state index contributed by atoms with van der Waals surface area (Å²) in [6.07, 6.45) is 3.62. The molecule has 0 saturated carbocycles. The highest BCUT2D eigenvalue weighted by Crippen LogP contribution is 2.24. The van der Waals surface area contributed by atoms with E-state index in [1.807, 2.05) is 83.4 Å². The Balaban J connectivity index is 0.000000184. The summed E-state index contributed by atoms with van der Waals surface area (Å²) in [6.45, 7) is 9.87. The largest absolute Gasteiger partial charge is 0.324 e. The molecule has 7 nitrogen and oxygen atoms in total. The Kier molecular flexibility index (Phi) is 6.70. The van der Waals surface area contributed by atoms with Gasteiger partial charge in [-0.25, -0.2) is 8.93 Å². The normalized spacial score (nSPS) is 14.9. The third-order valence-corrected chi connectivity index (χ3v) is 6.51. The third kappa shape index (κ3) is 4.95. The number of rotatable bonds is 4. The standard InChI is InChI=1S/C13H19N3OS.C9H11N3/c1-9(16-18(17)13(2,3)4)10-6-5-7-12-11(10)8-14-15-12;1-6(10)7-3-2-4-9-8(7)5-11-12-9/h5-9,16H,1-4H3,(H,14,15);2-6H,10H2,1H3,(H,11,12)/t9-,18+;6-/m00/s1. The van der Waals surface area contributed by atoms with Crippen LogP contribution >= 0.6 is 0 Å². The predicted molar refractivity (Wildman–Crippen MR) is 124 cm³/mol. The molecule has 0 amide bonds. The zero-order valence-corrected chi connectivity index (χ0v) is 18.9. The average molecular weight is 427 g/mol. The summed E-state index contributed by atoms with van der Waals surface area (Å²) in [6, 6.07) is 12.1. The van der Waals surface area contributed by atoms with Gasteiger partial charge in [-0.05, 0) is 57.9 Å². The van der Waals surface area contributed by atoms with E-state index in [9.17, 15) is 4.21 Å². The first kappa shape index (κ1) is 22.1. The lowest BCUT2D eigenvalue weighted by Crippen LogP contribution is -2.34. The smallest absolute Gasteiger partial charge is 0.0975 e. The Labute approximate surface area is 179 Å². The lowest BCUT2D eigenvalue weighted by molar-refractivity contribution is 0.617. The molecule has 0 saturated heterocycles. The molecule has 160 valence electrons. The second kappa shape index (κ2) is 9.07. The number of nitrogens with one attached hydrogen (secondary N) is 3. The molecule has 3 atom stereocenters. The summed E-state index contributed by atoms with van der Waals surface area (Å²) >= 11 is 0. The summed E-state index contributed by atoms with van der Waals surface area (Å²) < 4.78 is 15.0. The molecule has 0 aliphatic rings. The molecule has 0 aliphatic carbocycles. The highest BCUT2D eigenvalue weighted by molar-refractivity contribution is 7.84.